The molecule has 1 aromatic carbocycles. The lowest BCUT2D eigenvalue weighted by atomic mass is 9.94. The van der Waals surface area contributed by atoms with E-state index in [1.807, 2.05) is 19.9 Å². The zero-order valence-corrected chi connectivity index (χ0v) is 14.1. The fourth-order valence-electron chi connectivity index (χ4n) is 3.03. The highest BCUT2D eigenvalue weighted by Crippen LogP contribution is 2.32. The van der Waals surface area contributed by atoms with Gasteiger partial charge in [0.2, 0.25) is 10.0 Å². The maximum absolute atomic E-state index is 13.0. The maximum Gasteiger partial charge on any atom is 0.246 e. The molecule has 1 aromatic rings. The first-order valence-electron chi connectivity index (χ1n) is 7.58. The van der Waals surface area contributed by atoms with Crippen LogP contribution in [-0.2, 0) is 10.0 Å². The van der Waals surface area contributed by atoms with Gasteiger partial charge in [0.05, 0.1) is 6.61 Å². The van der Waals surface area contributed by atoms with Crippen LogP contribution in [0.5, 0.6) is 5.75 Å². The second-order valence-corrected chi connectivity index (χ2v) is 8.06. The summed E-state index contributed by atoms with van der Waals surface area (Å²) in [6, 6.07) is 5.35. The number of hydrogen-bond donors (Lipinski definition) is 0. The Morgan fingerprint density at radius 2 is 1.86 bits per heavy atom. The number of sulfonamides is 1. The number of ether oxygens (including phenoxy) is 1. The SMILES string of the molecule is CCOc1ccc(C)cc1S(=O)(=O)N1CC(C)CC(C)C1. The lowest BCUT2D eigenvalue weighted by Crippen LogP contribution is -2.42. The molecule has 2 rings (SSSR count). The van der Waals surface area contributed by atoms with Crippen molar-refractivity contribution in [3.05, 3.63) is 23.8 Å². The van der Waals surface area contributed by atoms with Crippen molar-refractivity contribution in [1.82, 2.24) is 4.31 Å². The molecule has 0 aromatic heterocycles. The van der Waals surface area contributed by atoms with E-state index < -0.39 is 10.0 Å². The number of rotatable bonds is 4. The van der Waals surface area contributed by atoms with Gasteiger partial charge in [0.25, 0.3) is 0 Å². The summed E-state index contributed by atoms with van der Waals surface area (Å²) in [6.45, 7) is 9.62. The summed E-state index contributed by atoms with van der Waals surface area (Å²) in [5, 5.41) is 0. The van der Waals surface area contributed by atoms with Crippen LogP contribution in [0.4, 0.5) is 0 Å². The minimum atomic E-state index is -3.49. The van der Waals surface area contributed by atoms with Gasteiger partial charge in [-0.3, -0.25) is 0 Å². The van der Waals surface area contributed by atoms with Crippen molar-refractivity contribution in [1.29, 1.82) is 0 Å². The smallest absolute Gasteiger partial charge is 0.246 e. The van der Waals surface area contributed by atoms with Crippen molar-refractivity contribution in [3.8, 4) is 5.75 Å². The highest BCUT2D eigenvalue weighted by molar-refractivity contribution is 7.89. The van der Waals surface area contributed by atoms with Gasteiger partial charge in [-0.1, -0.05) is 19.9 Å². The van der Waals surface area contributed by atoms with E-state index >= 15 is 0 Å². The molecule has 0 radical (unpaired) electrons. The number of aryl methyl sites for hydroxylation is 1. The predicted octanol–water partition coefficient (Wildman–Crippen LogP) is 3.06. The van der Waals surface area contributed by atoms with Crippen molar-refractivity contribution >= 4 is 10.0 Å². The van der Waals surface area contributed by atoms with E-state index in [9.17, 15) is 8.42 Å². The minimum Gasteiger partial charge on any atom is -0.492 e. The molecule has 1 fully saturated rings. The van der Waals surface area contributed by atoms with Crippen molar-refractivity contribution < 1.29 is 13.2 Å². The fourth-order valence-corrected chi connectivity index (χ4v) is 4.93. The Morgan fingerprint density at radius 3 is 2.43 bits per heavy atom. The minimum absolute atomic E-state index is 0.297. The summed E-state index contributed by atoms with van der Waals surface area (Å²) in [5.41, 5.74) is 0.926. The molecule has 1 aliphatic heterocycles. The van der Waals surface area contributed by atoms with Gasteiger partial charge >= 0.3 is 0 Å². The van der Waals surface area contributed by atoms with Gasteiger partial charge in [-0.05, 0) is 49.8 Å². The van der Waals surface area contributed by atoms with Crippen LogP contribution < -0.4 is 4.74 Å². The van der Waals surface area contributed by atoms with Crippen molar-refractivity contribution in [2.45, 2.75) is 39.0 Å². The fraction of sp³-hybridized carbons (Fsp3) is 0.625. The molecule has 1 heterocycles. The third-order valence-corrected chi connectivity index (χ3v) is 5.71. The van der Waals surface area contributed by atoms with Gasteiger partial charge in [0.1, 0.15) is 10.6 Å². The standard InChI is InChI=1S/C16H25NO3S/c1-5-20-15-7-6-12(2)9-16(15)21(18,19)17-10-13(3)8-14(4)11-17/h6-7,9,13-14H,5,8,10-11H2,1-4H3. The molecule has 0 amide bonds. The van der Waals surface area contributed by atoms with Crippen LogP contribution in [0, 0.1) is 18.8 Å². The van der Waals surface area contributed by atoms with Gasteiger partial charge < -0.3 is 4.74 Å². The molecule has 1 aliphatic rings. The topological polar surface area (TPSA) is 46.6 Å². The van der Waals surface area contributed by atoms with Crippen molar-refractivity contribution in [2.24, 2.45) is 11.8 Å². The Balaban J connectivity index is 2.41. The zero-order valence-electron chi connectivity index (χ0n) is 13.3. The second-order valence-electron chi connectivity index (χ2n) is 6.15. The summed E-state index contributed by atoms with van der Waals surface area (Å²) in [7, 11) is -3.49. The molecule has 1 saturated heterocycles. The number of nitrogens with zero attached hydrogens (tertiary/aromatic N) is 1. The average Bonchev–Trinajstić information content (AvgIpc) is 2.40. The summed E-state index contributed by atoms with van der Waals surface area (Å²) in [6.07, 6.45) is 1.08. The first kappa shape index (κ1) is 16.3. The normalized spacial score (nSPS) is 24.0. The van der Waals surface area contributed by atoms with Gasteiger partial charge in [-0.15, -0.1) is 0 Å². The molecule has 2 unspecified atom stereocenters. The summed E-state index contributed by atoms with van der Waals surface area (Å²) in [5.74, 6) is 1.24. The van der Waals surface area contributed by atoms with Crippen LogP contribution in [0.1, 0.15) is 32.8 Å². The average molecular weight is 311 g/mol. The molecule has 0 bridgehead atoms. The summed E-state index contributed by atoms with van der Waals surface area (Å²) in [4.78, 5) is 0.297. The van der Waals surface area contributed by atoms with Crippen LogP contribution in [0.15, 0.2) is 23.1 Å². The van der Waals surface area contributed by atoms with Gasteiger partial charge in [0.15, 0.2) is 0 Å². The van der Waals surface area contributed by atoms with E-state index in [4.69, 9.17) is 4.74 Å². The van der Waals surface area contributed by atoms with Crippen LogP contribution in [0.2, 0.25) is 0 Å². The Kier molecular flexibility index (Phi) is 4.94. The highest BCUT2D eigenvalue weighted by atomic mass is 32.2. The second kappa shape index (κ2) is 6.36. The van der Waals surface area contributed by atoms with Crippen molar-refractivity contribution in [2.75, 3.05) is 19.7 Å². The van der Waals surface area contributed by atoms with E-state index in [1.54, 1.807) is 16.4 Å². The molecule has 2 atom stereocenters. The molecule has 0 aliphatic carbocycles. The molecular formula is C16H25NO3S. The third-order valence-electron chi connectivity index (χ3n) is 3.85. The predicted molar refractivity (Wildman–Crippen MR) is 84.1 cm³/mol. The molecule has 0 saturated carbocycles. The van der Waals surface area contributed by atoms with E-state index in [0.717, 1.165) is 12.0 Å². The number of benzene rings is 1. The monoisotopic (exact) mass is 311 g/mol. The number of hydrogen-bond acceptors (Lipinski definition) is 3. The van der Waals surface area contributed by atoms with Crippen LogP contribution in [-0.4, -0.2) is 32.4 Å². The Bertz CT molecular complexity index is 588. The van der Waals surface area contributed by atoms with E-state index in [0.29, 0.717) is 42.2 Å². The molecule has 5 heteroatoms. The highest BCUT2D eigenvalue weighted by Gasteiger charge is 2.33. The Labute approximate surface area is 128 Å². The molecule has 118 valence electrons. The van der Waals surface area contributed by atoms with Crippen LogP contribution in [0.3, 0.4) is 0 Å². The first-order chi connectivity index (χ1) is 9.84. The molecule has 0 spiro atoms. The van der Waals surface area contributed by atoms with E-state index in [-0.39, 0.29) is 0 Å². The largest absolute Gasteiger partial charge is 0.492 e. The van der Waals surface area contributed by atoms with Crippen LogP contribution >= 0.6 is 0 Å². The summed E-state index contributed by atoms with van der Waals surface area (Å²) >= 11 is 0. The lowest BCUT2D eigenvalue weighted by Gasteiger charge is -2.34. The zero-order chi connectivity index (χ0) is 15.6. The number of piperidine rings is 1. The molecule has 4 nitrogen and oxygen atoms in total. The Hall–Kier alpha value is -1.07. The lowest BCUT2D eigenvalue weighted by molar-refractivity contribution is 0.222. The van der Waals surface area contributed by atoms with E-state index in [1.165, 1.54) is 0 Å². The summed E-state index contributed by atoms with van der Waals surface area (Å²) < 4.78 is 33.1. The molecule has 21 heavy (non-hydrogen) atoms. The van der Waals surface area contributed by atoms with Gasteiger partial charge in [-0.25, -0.2) is 8.42 Å². The maximum atomic E-state index is 13.0. The third kappa shape index (κ3) is 3.58. The Morgan fingerprint density at radius 1 is 1.24 bits per heavy atom. The van der Waals surface area contributed by atoms with Gasteiger partial charge in [0, 0.05) is 13.1 Å². The van der Waals surface area contributed by atoms with Crippen molar-refractivity contribution in [3.63, 3.8) is 0 Å². The first-order valence-corrected chi connectivity index (χ1v) is 9.02. The molecule has 0 N–H and O–H groups in total. The van der Waals surface area contributed by atoms with E-state index in [2.05, 4.69) is 13.8 Å². The molecular weight excluding hydrogens is 286 g/mol. The quantitative estimate of drug-likeness (QED) is 0.858. The van der Waals surface area contributed by atoms with Gasteiger partial charge in [-0.2, -0.15) is 4.31 Å². The van der Waals surface area contributed by atoms with Crippen LogP contribution in [0.25, 0.3) is 0 Å².